The molecular weight excluding hydrogens is 376 g/mol. The molecule has 0 aromatic heterocycles. The highest BCUT2D eigenvalue weighted by Gasteiger charge is 2.36. The van der Waals surface area contributed by atoms with Gasteiger partial charge in [-0.25, -0.2) is 13.2 Å². The Labute approximate surface area is 157 Å². The first-order valence-electron chi connectivity index (χ1n) is 8.52. The second kappa shape index (κ2) is 8.03. The second-order valence-corrected chi connectivity index (χ2v) is 8.72. The molecule has 1 heterocycles. The summed E-state index contributed by atoms with van der Waals surface area (Å²) in [5.74, 6) is -1.29. The molecule has 1 aromatic rings. The Balaban J connectivity index is 2.07. The van der Waals surface area contributed by atoms with Gasteiger partial charge in [-0.05, 0) is 39.3 Å². The van der Waals surface area contributed by atoms with E-state index in [-0.39, 0.29) is 22.8 Å². The molecule has 2 atom stereocenters. The molecule has 2 unspecified atom stereocenters. The maximum Gasteiger partial charge on any atom is 0.338 e. The Hall–Kier alpha value is -2.49. The summed E-state index contributed by atoms with van der Waals surface area (Å²) in [5, 5.41) is 10.8. The van der Waals surface area contributed by atoms with Crippen LogP contribution in [0.5, 0.6) is 0 Å². The minimum atomic E-state index is -3.15. The SMILES string of the molecule is CCN(C(=O)C(C)OC(=O)c1ccc([N+](=O)[O-])c(C)c1)C1CCS(=O)(=O)C1. The third-order valence-corrected chi connectivity index (χ3v) is 6.28. The Kier molecular flexibility index (Phi) is 6.19. The molecule has 1 fully saturated rings. The summed E-state index contributed by atoms with van der Waals surface area (Å²) in [7, 11) is -3.15. The van der Waals surface area contributed by atoms with Gasteiger partial charge >= 0.3 is 5.97 Å². The zero-order valence-electron chi connectivity index (χ0n) is 15.4. The summed E-state index contributed by atoms with van der Waals surface area (Å²) in [6, 6.07) is 3.39. The van der Waals surface area contributed by atoms with E-state index in [9.17, 15) is 28.1 Å². The number of aryl methyl sites for hydroxylation is 1. The third-order valence-electron chi connectivity index (χ3n) is 4.53. The van der Waals surface area contributed by atoms with Crippen LogP contribution < -0.4 is 0 Å². The van der Waals surface area contributed by atoms with Crippen molar-refractivity contribution >= 4 is 27.4 Å². The van der Waals surface area contributed by atoms with Gasteiger partial charge in [0, 0.05) is 24.2 Å². The van der Waals surface area contributed by atoms with Gasteiger partial charge in [-0.2, -0.15) is 0 Å². The molecule has 1 aromatic carbocycles. The Morgan fingerprint density at radius 2 is 2.07 bits per heavy atom. The van der Waals surface area contributed by atoms with E-state index in [1.165, 1.54) is 36.9 Å². The van der Waals surface area contributed by atoms with Gasteiger partial charge in [0.25, 0.3) is 11.6 Å². The van der Waals surface area contributed by atoms with Crippen LogP contribution in [-0.2, 0) is 19.4 Å². The van der Waals surface area contributed by atoms with Crippen LogP contribution in [0.1, 0.15) is 36.2 Å². The molecule has 27 heavy (non-hydrogen) atoms. The number of nitrogens with zero attached hydrogens (tertiary/aromatic N) is 2. The van der Waals surface area contributed by atoms with Crippen LogP contribution >= 0.6 is 0 Å². The van der Waals surface area contributed by atoms with Gasteiger partial charge in [0.05, 0.1) is 22.0 Å². The first-order chi connectivity index (χ1) is 12.6. The number of nitro groups is 1. The number of carbonyl (C=O) groups excluding carboxylic acids is 2. The van der Waals surface area contributed by atoms with Crippen molar-refractivity contribution in [1.29, 1.82) is 0 Å². The Morgan fingerprint density at radius 1 is 1.41 bits per heavy atom. The van der Waals surface area contributed by atoms with E-state index < -0.39 is 38.8 Å². The van der Waals surface area contributed by atoms with E-state index in [1.807, 2.05) is 0 Å². The molecule has 1 amide bonds. The van der Waals surface area contributed by atoms with Gasteiger partial charge in [-0.1, -0.05) is 0 Å². The summed E-state index contributed by atoms with van der Waals surface area (Å²) in [5.41, 5.74) is 0.291. The summed E-state index contributed by atoms with van der Waals surface area (Å²) in [6.45, 7) is 4.96. The van der Waals surface area contributed by atoms with Crippen LogP contribution in [0, 0.1) is 17.0 Å². The first-order valence-corrected chi connectivity index (χ1v) is 10.3. The number of carbonyl (C=O) groups is 2. The van der Waals surface area contributed by atoms with Gasteiger partial charge < -0.3 is 9.64 Å². The number of esters is 1. The second-order valence-electron chi connectivity index (χ2n) is 6.49. The summed E-state index contributed by atoms with van der Waals surface area (Å²) in [4.78, 5) is 36.6. The van der Waals surface area contributed by atoms with Gasteiger partial charge in [0.1, 0.15) is 0 Å². The lowest BCUT2D eigenvalue weighted by Crippen LogP contribution is -2.46. The highest BCUT2D eigenvalue weighted by molar-refractivity contribution is 7.91. The third kappa shape index (κ3) is 4.82. The van der Waals surface area contributed by atoms with E-state index in [0.29, 0.717) is 18.5 Å². The molecule has 2 rings (SSSR count). The molecule has 0 saturated carbocycles. The van der Waals surface area contributed by atoms with E-state index >= 15 is 0 Å². The average molecular weight is 398 g/mol. The number of amides is 1. The predicted molar refractivity (Wildman–Crippen MR) is 97.2 cm³/mol. The largest absolute Gasteiger partial charge is 0.449 e. The van der Waals surface area contributed by atoms with Crippen molar-refractivity contribution in [3.05, 3.63) is 39.4 Å². The fraction of sp³-hybridized carbons (Fsp3) is 0.529. The molecule has 1 aliphatic rings. The molecule has 0 N–H and O–H groups in total. The molecule has 10 heteroatoms. The van der Waals surface area contributed by atoms with Crippen molar-refractivity contribution in [2.45, 2.75) is 39.3 Å². The van der Waals surface area contributed by atoms with Crippen molar-refractivity contribution in [3.8, 4) is 0 Å². The highest BCUT2D eigenvalue weighted by atomic mass is 32.2. The van der Waals surface area contributed by atoms with Gasteiger partial charge in [0.15, 0.2) is 15.9 Å². The monoisotopic (exact) mass is 398 g/mol. The van der Waals surface area contributed by atoms with Crippen LogP contribution in [-0.4, -0.2) is 60.3 Å². The molecule has 0 bridgehead atoms. The lowest BCUT2D eigenvalue weighted by Gasteiger charge is -2.29. The van der Waals surface area contributed by atoms with Crippen LogP contribution in [0.15, 0.2) is 18.2 Å². The fourth-order valence-corrected chi connectivity index (χ4v) is 4.85. The smallest absolute Gasteiger partial charge is 0.338 e. The standard InChI is InChI=1S/C17H22N2O7S/c1-4-18(14-7-8-27(24,25)10-14)16(20)12(3)26-17(21)13-5-6-15(19(22)23)11(2)9-13/h5-6,9,12,14H,4,7-8,10H2,1-3H3. The number of benzene rings is 1. The van der Waals surface area contributed by atoms with Crippen LogP contribution in [0.2, 0.25) is 0 Å². The number of sulfone groups is 1. The minimum absolute atomic E-state index is 0.0394. The van der Waals surface area contributed by atoms with E-state index in [1.54, 1.807) is 6.92 Å². The summed E-state index contributed by atoms with van der Waals surface area (Å²) >= 11 is 0. The zero-order chi connectivity index (χ0) is 20.4. The first kappa shape index (κ1) is 20.8. The van der Waals surface area contributed by atoms with Crippen LogP contribution in [0.25, 0.3) is 0 Å². The quantitative estimate of drug-likeness (QED) is 0.404. The van der Waals surface area contributed by atoms with Crippen molar-refractivity contribution in [1.82, 2.24) is 4.90 Å². The summed E-state index contributed by atoms with van der Waals surface area (Å²) < 4.78 is 28.5. The van der Waals surface area contributed by atoms with Crippen molar-refractivity contribution < 1.29 is 27.7 Å². The number of hydrogen-bond acceptors (Lipinski definition) is 7. The topological polar surface area (TPSA) is 124 Å². The molecule has 1 saturated heterocycles. The van der Waals surface area contributed by atoms with Crippen molar-refractivity contribution in [2.75, 3.05) is 18.1 Å². The van der Waals surface area contributed by atoms with Gasteiger partial charge in [-0.15, -0.1) is 0 Å². The highest BCUT2D eigenvalue weighted by Crippen LogP contribution is 2.21. The van der Waals surface area contributed by atoms with E-state index in [2.05, 4.69) is 0 Å². The number of rotatable bonds is 6. The zero-order valence-corrected chi connectivity index (χ0v) is 16.2. The number of ether oxygens (including phenoxy) is 1. The molecule has 1 aliphatic heterocycles. The minimum Gasteiger partial charge on any atom is -0.449 e. The van der Waals surface area contributed by atoms with Gasteiger partial charge in [-0.3, -0.25) is 14.9 Å². The van der Waals surface area contributed by atoms with Crippen molar-refractivity contribution in [3.63, 3.8) is 0 Å². The molecular formula is C17H22N2O7S. The number of hydrogen-bond donors (Lipinski definition) is 0. The van der Waals surface area contributed by atoms with Crippen LogP contribution in [0.4, 0.5) is 5.69 Å². The lowest BCUT2D eigenvalue weighted by molar-refractivity contribution is -0.385. The number of likely N-dealkylation sites (N-methyl/N-ethyl adjacent to an activating group) is 1. The lowest BCUT2D eigenvalue weighted by atomic mass is 10.1. The molecule has 0 radical (unpaired) electrons. The maximum atomic E-state index is 12.6. The average Bonchev–Trinajstić information content (AvgIpc) is 2.94. The molecule has 0 spiro atoms. The maximum absolute atomic E-state index is 12.6. The van der Waals surface area contributed by atoms with Crippen LogP contribution in [0.3, 0.4) is 0 Å². The normalized spacial score (nSPS) is 19.3. The molecule has 0 aliphatic carbocycles. The number of nitro benzene ring substituents is 1. The summed E-state index contributed by atoms with van der Waals surface area (Å²) in [6.07, 6.45) is -0.735. The van der Waals surface area contributed by atoms with Gasteiger partial charge in [0.2, 0.25) is 0 Å². The Bertz CT molecular complexity index is 866. The predicted octanol–water partition coefficient (Wildman–Crippen LogP) is 1.48. The molecule has 9 nitrogen and oxygen atoms in total. The van der Waals surface area contributed by atoms with Crippen molar-refractivity contribution in [2.24, 2.45) is 0 Å². The van der Waals surface area contributed by atoms with E-state index in [0.717, 1.165) is 0 Å². The van der Waals surface area contributed by atoms with E-state index in [4.69, 9.17) is 4.74 Å². The molecule has 148 valence electrons. The fourth-order valence-electron chi connectivity index (χ4n) is 3.11. The Morgan fingerprint density at radius 3 is 2.56 bits per heavy atom.